The first-order valence-electron chi connectivity index (χ1n) is 10.9. The molecular weight excluding hydrogens is 398 g/mol. The van der Waals surface area contributed by atoms with Crippen LogP contribution in [0.2, 0.25) is 0 Å². The number of rotatable bonds is 12. The number of amides is 2. The highest BCUT2D eigenvalue weighted by Gasteiger charge is 2.39. The van der Waals surface area contributed by atoms with Crippen molar-refractivity contribution in [1.82, 2.24) is 10.0 Å². The third kappa shape index (κ3) is 7.94. The number of carbonyl (C=O) groups excluding carboxylic acids is 2. The lowest BCUT2D eigenvalue weighted by atomic mass is 9.77. The highest BCUT2D eigenvalue weighted by Crippen LogP contribution is 2.30. The number of aromatic nitrogens is 1. The van der Waals surface area contributed by atoms with Gasteiger partial charge in [-0.15, -0.1) is 0 Å². The second kappa shape index (κ2) is 12.4. The minimum Gasteiger partial charge on any atom is -0.463 e. The average Bonchev–Trinajstić information content (AvgIpc) is 2.70. The Labute approximate surface area is 185 Å². The summed E-state index contributed by atoms with van der Waals surface area (Å²) in [5.74, 6) is -1.61. The minimum atomic E-state index is -1.49. The third-order valence-electron chi connectivity index (χ3n) is 5.72. The molecule has 0 radical (unpaired) electrons. The Kier molecular flexibility index (Phi) is 10.6. The molecule has 0 saturated heterocycles. The number of pyridine rings is 1. The Morgan fingerprint density at radius 1 is 1.10 bits per heavy atom. The number of carboxylic acid groups (broad SMARTS) is 1. The summed E-state index contributed by atoms with van der Waals surface area (Å²) in [7, 11) is 0. The lowest BCUT2D eigenvalue weighted by Gasteiger charge is -2.35. The molecule has 31 heavy (non-hydrogen) atoms. The van der Waals surface area contributed by atoms with E-state index in [2.05, 4.69) is 10.3 Å². The molecular formula is C23H37N3O5. The summed E-state index contributed by atoms with van der Waals surface area (Å²) >= 11 is 0. The van der Waals surface area contributed by atoms with Crippen molar-refractivity contribution < 1.29 is 24.7 Å². The van der Waals surface area contributed by atoms with E-state index in [4.69, 9.17) is 0 Å². The van der Waals surface area contributed by atoms with E-state index in [-0.39, 0.29) is 40.9 Å². The fourth-order valence-corrected chi connectivity index (χ4v) is 3.87. The second-order valence-corrected chi connectivity index (χ2v) is 8.96. The van der Waals surface area contributed by atoms with E-state index in [1.807, 2.05) is 27.7 Å². The quantitative estimate of drug-likeness (QED) is 0.323. The van der Waals surface area contributed by atoms with Gasteiger partial charge in [0.05, 0.1) is 6.04 Å². The van der Waals surface area contributed by atoms with E-state index in [0.29, 0.717) is 18.7 Å². The lowest BCUT2D eigenvalue weighted by Crippen LogP contribution is -2.48. The molecule has 8 nitrogen and oxygen atoms in total. The van der Waals surface area contributed by atoms with Gasteiger partial charge in [-0.1, -0.05) is 54.0 Å². The van der Waals surface area contributed by atoms with Gasteiger partial charge in [0.2, 0.25) is 5.91 Å². The maximum absolute atomic E-state index is 13.4. The zero-order chi connectivity index (χ0) is 23.7. The molecule has 0 bridgehead atoms. The van der Waals surface area contributed by atoms with Gasteiger partial charge in [0.25, 0.3) is 0 Å². The number of nitrogens with zero attached hydrogens (tertiary/aromatic N) is 2. The largest absolute Gasteiger partial charge is 0.463 e. The first-order valence-corrected chi connectivity index (χ1v) is 10.9. The Hall–Kier alpha value is -2.48. The fourth-order valence-electron chi connectivity index (χ4n) is 3.87. The molecule has 0 aromatic carbocycles. The van der Waals surface area contributed by atoms with Gasteiger partial charge in [0.15, 0.2) is 0 Å². The van der Waals surface area contributed by atoms with Crippen LogP contribution in [0, 0.1) is 29.6 Å². The number of anilines is 1. The zero-order valence-electron chi connectivity index (χ0n) is 19.4. The molecule has 1 aromatic rings. The zero-order valence-corrected chi connectivity index (χ0v) is 19.4. The highest BCUT2D eigenvalue weighted by atomic mass is 16.6. The lowest BCUT2D eigenvalue weighted by molar-refractivity contribution is -0.147. The van der Waals surface area contributed by atoms with E-state index in [0.717, 1.165) is 0 Å². The minimum absolute atomic E-state index is 0.0261. The van der Waals surface area contributed by atoms with Crippen molar-refractivity contribution in [2.24, 2.45) is 29.6 Å². The first kappa shape index (κ1) is 26.6. The Morgan fingerprint density at radius 3 is 2.19 bits per heavy atom. The van der Waals surface area contributed by atoms with Gasteiger partial charge in [-0.25, -0.2) is 9.78 Å². The SMILES string of the molecule is CC[C@H](C)[C@H](CC(=O)[C@H](CC(C)C)[C@H](C(C)C)N(O)C(=O)O)C(=O)Nc1ccccn1. The van der Waals surface area contributed by atoms with Crippen molar-refractivity contribution in [2.45, 2.75) is 66.8 Å². The molecule has 2 amide bonds. The monoisotopic (exact) mass is 435 g/mol. The van der Waals surface area contributed by atoms with Crippen LogP contribution in [-0.2, 0) is 9.59 Å². The summed E-state index contributed by atoms with van der Waals surface area (Å²) in [5.41, 5.74) is 0. The molecule has 1 rings (SSSR count). The van der Waals surface area contributed by atoms with Crippen LogP contribution in [0.3, 0.4) is 0 Å². The highest BCUT2D eigenvalue weighted by molar-refractivity contribution is 5.95. The molecule has 174 valence electrons. The molecule has 0 aliphatic heterocycles. The van der Waals surface area contributed by atoms with Crippen LogP contribution in [0.4, 0.5) is 10.6 Å². The second-order valence-electron chi connectivity index (χ2n) is 8.96. The molecule has 0 fully saturated rings. The molecule has 8 heteroatoms. The maximum Gasteiger partial charge on any atom is 0.431 e. The molecule has 0 saturated carbocycles. The summed E-state index contributed by atoms with van der Waals surface area (Å²) in [6, 6.07) is 4.31. The molecule has 0 aliphatic rings. The van der Waals surface area contributed by atoms with Gasteiger partial charge in [-0.05, 0) is 36.3 Å². The Morgan fingerprint density at radius 2 is 1.74 bits per heavy atom. The van der Waals surface area contributed by atoms with E-state index in [9.17, 15) is 24.7 Å². The van der Waals surface area contributed by atoms with E-state index < -0.39 is 24.0 Å². The molecule has 4 atom stereocenters. The van der Waals surface area contributed by atoms with Gasteiger partial charge in [-0.3, -0.25) is 14.8 Å². The van der Waals surface area contributed by atoms with Crippen molar-refractivity contribution in [1.29, 1.82) is 0 Å². The van der Waals surface area contributed by atoms with Crippen LogP contribution in [0.25, 0.3) is 0 Å². The van der Waals surface area contributed by atoms with Gasteiger partial charge < -0.3 is 10.4 Å². The van der Waals surface area contributed by atoms with Crippen LogP contribution in [0.15, 0.2) is 24.4 Å². The predicted octanol–water partition coefficient (Wildman–Crippen LogP) is 4.70. The average molecular weight is 436 g/mol. The summed E-state index contributed by atoms with van der Waals surface area (Å²) in [6.07, 6.45) is 1.18. The van der Waals surface area contributed by atoms with Crippen LogP contribution in [-0.4, -0.2) is 44.2 Å². The molecule has 1 heterocycles. The van der Waals surface area contributed by atoms with Crippen molar-refractivity contribution in [3.8, 4) is 0 Å². The molecule has 1 aromatic heterocycles. The Bertz CT molecular complexity index is 723. The van der Waals surface area contributed by atoms with Crippen molar-refractivity contribution in [3.63, 3.8) is 0 Å². The van der Waals surface area contributed by atoms with Gasteiger partial charge in [0, 0.05) is 24.5 Å². The number of hydroxylamine groups is 2. The number of hydrogen-bond donors (Lipinski definition) is 3. The maximum atomic E-state index is 13.4. The molecule has 0 spiro atoms. The summed E-state index contributed by atoms with van der Waals surface area (Å²) in [4.78, 5) is 41.9. The summed E-state index contributed by atoms with van der Waals surface area (Å²) in [5, 5.41) is 22.5. The van der Waals surface area contributed by atoms with E-state index in [1.54, 1.807) is 38.2 Å². The number of nitrogens with one attached hydrogen (secondary N) is 1. The van der Waals surface area contributed by atoms with Crippen LogP contribution in [0.5, 0.6) is 0 Å². The fraction of sp³-hybridized carbons (Fsp3) is 0.652. The van der Waals surface area contributed by atoms with Gasteiger partial charge in [0.1, 0.15) is 11.6 Å². The normalized spacial score (nSPS) is 15.3. The summed E-state index contributed by atoms with van der Waals surface area (Å²) in [6.45, 7) is 11.3. The van der Waals surface area contributed by atoms with E-state index in [1.165, 1.54) is 0 Å². The molecule has 3 N–H and O–H groups in total. The Balaban J connectivity index is 3.16. The predicted molar refractivity (Wildman–Crippen MR) is 119 cm³/mol. The topological polar surface area (TPSA) is 120 Å². The van der Waals surface area contributed by atoms with Crippen molar-refractivity contribution >= 4 is 23.6 Å². The number of hydrogen-bond acceptors (Lipinski definition) is 5. The van der Waals surface area contributed by atoms with Crippen LogP contribution < -0.4 is 5.32 Å². The smallest absolute Gasteiger partial charge is 0.431 e. The van der Waals surface area contributed by atoms with Crippen molar-refractivity contribution in [3.05, 3.63) is 24.4 Å². The first-order chi connectivity index (χ1) is 14.5. The van der Waals surface area contributed by atoms with Crippen molar-refractivity contribution in [2.75, 3.05) is 5.32 Å². The number of carbonyl (C=O) groups is 3. The number of ketones is 1. The standard InChI is InChI=1S/C23H37N3O5/c1-7-16(6)17(22(28)25-20-10-8-9-11-24-20)13-19(27)18(12-14(2)3)21(15(4)5)26(31)23(29)30/h8-11,14-18,21,31H,7,12-13H2,1-6H3,(H,29,30)(H,24,25,28)/t16-,17-,18-,21-/m0/s1. The summed E-state index contributed by atoms with van der Waals surface area (Å²) < 4.78 is 0. The van der Waals surface area contributed by atoms with Gasteiger partial charge in [-0.2, -0.15) is 5.06 Å². The van der Waals surface area contributed by atoms with Crippen LogP contribution >= 0.6 is 0 Å². The van der Waals surface area contributed by atoms with Crippen LogP contribution in [0.1, 0.15) is 60.8 Å². The third-order valence-corrected chi connectivity index (χ3v) is 5.72. The van der Waals surface area contributed by atoms with E-state index >= 15 is 0 Å². The molecule has 0 unspecified atom stereocenters. The molecule has 0 aliphatic carbocycles. The van der Waals surface area contributed by atoms with Gasteiger partial charge >= 0.3 is 6.09 Å². The number of Topliss-reactive ketones (excluding diaryl/α,β-unsaturated/α-hetero) is 1.